The molecule has 8 atom stereocenters. The van der Waals surface area contributed by atoms with Crippen molar-refractivity contribution in [3.63, 3.8) is 0 Å². The molecule has 4 aliphatic rings. The summed E-state index contributed by atoms with van der Waals surface area (Å²) in [4.78, 5) is 53.6. The van der Waals surface area contributed by atoms with E-state index in [4.69, 9.17) is 18.6 Å². The van der Waals surface area contributed by atoms with Gasteiger partial charge in [-0.05, 0) is 44.2 Å². The lowest BCUT2D eigenvalue weighted by atomic mass is 9.39. The monoisotopic (exact) mass is 584 g/mol. The van der Waals surface area contributed by atoms with Crippen LogP contribution in [0.3, 0.4) is 0 Å². The molecule has 0 spiro atoms. The van der Waals surface area contributed by atoms with Gasteiger partial charge in [-0.25, -0.2) is 9.59 Å². The molecule has 5 rings (SSSR count). The number of methoxy groups -OCH3 is 1. The van der Waals surface area contributed by atoms with E-state index in [1.807, 2.05) is 6.92 Å². The molecule has 228 valence electrons. The molecule has 42 heavy (non-hydrogen) atoms. The van der Waals surface area contributed by atoms with E-state index in [9.17, 15) is 29.4 Å². The van der Waals surface area contributed by atoms with Crippen LogP contribution < -0.4 is 0 Å². The predicted molar refractivity (Wildman–Crippen MR) is 147 cm³/mol. The number of Topliss-reactive ketones (excluding diaryl/α,β-unsaturated/α-hetero) is 1. The van der Waals surface area contributed by atoms with Crippen LogP contribution in [-0.2, 0) is 33.4 Å². The third-order valence-electron chi connectivity index (χ3n) is 10.8. The molecule has 1 aromatic rings. The molecule has 10 heteroatoms. The highest BCUT2D eigenvalue weighted by Crippen LogP contribution is 2.69. The SMILES string of the molecule is CC=C(C)C(=O)OC1C2(O)CC3=C4CC(=O)OC(c5ccoc5)C4(C)CCC3C(C)(C2=O)C(C(O)C(=O)OC)C1(C)C. The van der Waals surface area contributed by atoms with Crippen molar-refractivity contribution in [1.82, 2.24) is 0 Å². The van der Waals surface area contributed by atoms with E-state index in [1.165, 1.54) is 6.26 Å². The Bertz CT molecular complexity index is 1390. The zero-order valence-corrected chi connectivity index (χ0v) is 25.2. The Morgan fingerprint density at radius 2 is 1.88 bits per heavy atom. The maximum atomic E-state index is 14.6. The third kappa shape index (κ3) is 3.97. The van der Waals surface area contributed by atoms with Crippen LogP contribution in [0.15, 0.2) is 45.8 Å². The van der Waals surface area contributed by atoms with Crippen LogP contribution in [-0.4, -0.2) is 58.8 Å². The number of ether oxygens (including phenoxy) is 3. The minimum atomic E-state index is -2.18. The summed E-state index contributed by atoms with van der Waals surface area (Å²) in [5.74, 6) is -4.29. The van der Waals surface area contributed by atoms with Crippen molar-refractivity contribution in [3.05, 3.63) is 47.0 Å². The molecule has 2 heterocycles. The number of ketones is 1. The first-order valence-electron chi connectivity index (χ1n) is 14.4. The molecule has 1 saturated heterocycles. The minimum Gasteiger partial charge on any atom is -0.472 e. The predicted octanol–water partition coefficient (Wildman–Crippen LogP) is 3.76. The summed E-state index contributed by atoms with van der Waals surface area (Å²) in [6.07, 6.45) is 1.64. The highest BCUT2D eigenvalue weighted by atomic mass is 16.6. The second-order valence-electron chi connectivity index (χ2n) is 13.4. The molecule has 0 radical (unpaired) electrons. The number of carbonyl (C=O) groups excluding carboxylic acids is 4. The van der Waals surface area contributed by atoms with E-state index in [0.717, 1.165) is 12.7 Å². The average Bonchev–Trinajstić information content (AvgIpc) is 3.47. The van der Waals surface area contributed by atoms with Gasteiger partial charge in [0.1, 0.15) is 12.2 Å². The topological polar surface area (TPSA) is 150 Å². The van der Waals surface area contributed by atoms with Crippen molar-refractivity contribution >= 4 is 23.7 Å². The number of hydrogen-bond donors (Lipinski definition) is 2. The number of hydrogen-bond acceptors (Lipinski definition) is 10. The van der Waals surface area contributed by atoms with Crippen molar-refractivity contribution in [2.24, 2.45) is 28.1 Å². The second-order valence-corrected chi connectivity index (χ2v) is 13.4. The Morgan fingerprint density at radius 3 is 2.48 bits per heavy atom. The maximum Gasteiger partial charge on any atom is 0.335 e. The molecular weight excluding hydrogens is 544 g/mol. The molecule has 0 aromatic carbocycles. The first-order chi connectivity index (χ1) is 19.6. The first-order valence-corrected chi connectivity index (χ1v) is 14.4. The molecule has 1 aliphatic heterocycles. The Morgan fingerprint density at radius 1 is 1.19 bits per heavy atom. The minimum absolute atomic E-state index is 0.0349. The van der Waals surface area contributed by atoms with Gasteiger partial charge < -0.3 is 28.8 Å². The molecular formula is C32H40O10. The molecule has 1 aromatic heterocycles. The molecule has 2 N–H and O–H groups in total. The normalized spacial score (nSPS) is 38.2. The molecule has 0 amide bonds. The van der Waals surface area contributed by atoms with E-state index in [0.29, 0.717) is 24.0 Å². The van der Waals surface area contributed by atoms with Gasteiger partial charge in [0, 0.05) is 39.7 Å². The Kier molecular flexibility index (Phi) is 7.13. The fourth-order valence-electron chi connectivity index (χ4n) is 8.83. The van der Waals surface area contributed by atoms with Gasteiger partial charge in [0.05, 0.1) is 26.1 Å². The number of allylic oxidation sites excluding steroid dienone is 1. The molecule has 2 bridgehead atoms. The van der Waals surface area contributed by atoms with E-state index < -0.39 is 75.7 Å². The van der Waals surface area contributed by atoms with Crippen LogP contribution >= 0.6 is 0 Å². The number of furan rings is 1. The van der Waals surface area contributed by atoms with Crippen molar-refractivity contribution < 1.29 is 48.0 Å². The van der Waals surface area contributed by atoms with E-state index in [2.05, 4.69) is 0 Å². The number of cyclic esters (lactones) is 1. The van der Waals surface area contributed by atoms with Crippen molar-refractivity contribution in [1.29, 1.82) is 0 Å². The Labute approximate surface area is 245 Å². The van der Waals surface area contributed by atoms with Crippen LogP contribution in [0.4, 0.5) is 0 Å². The highest BCUT2D eigenvalue weighted by molar-refractivity contribution is 5.98. The summed E-state index contributed by atoms with van der Waals surface area (Å²) in [5, 5.41) is 23.9. The Hall–Kier alpha value is -3.24. The lowest BCUT2D eigenvalue weighted by Crippen LogP contribution is -2.76. The van der Waals surface area contributed by atoms with Gasteiger partial charge in [0.25, 0.3) is 0 Å². The van der Waals surface area contributed by atoms with Gasteiger partial charge in [-0.3, -0.25) is 9.59 Å². The fourth-order valence-corrected chi connectivity index (χ4v) is 8.83. The van der Waals surface area contributed by atoms with Gasteiger partial charge in [-0.1, -0.05) is 39.3 Å². The van der Waals surface area contributed by atoms with Crippen LogP contribution in [0.2, 0.25) is 0 Å². The number of aliphatic hydroxyl groups excluding tert-OH is 1. The lowest BCUT2D eigenvalue weighted by molar-refractivity contribution is -0.245. The van der Waals surface area contributed by atoms with Gasteiger partial charge in [-0.15, -0.1) is 0 Å². The van der Waals surface area contributed by atoms with Crippen LogP contribution in [0.1, 0.15) is 78.9 Å². The van der Waals surface area contributed by atoms with E-state index in [-0.39, 0.29) is 18.4 Å². The van der Waals surface area contributed by atoms with Crippen molar-refractivity contribution in [2.75, 3.05) is 7.11 Å². The zero-order valence-electron chi connectivity index (χ0n) is 25.2. The summed E-state index contributed by atoms with van der Waals surface area (Å²) in [5.41, 5.74) is -3.11. The van der Waals surface area contributed by atoms with Crippen LogP contribution in [0, 0.1) is 28.1 Å². The number of fused-ring (bicyclic) bond motifs is 5. The van der Waals surface area contributed by atoms with Gasteiger partial charge in [-0.2, -0.15) is 0 Å². The number of rotatable bonds is 5. The van der Waals surface area contributed by atoms with E-state index >= 15 is 0 Å². The fraction of sp³-hybridized carbons (Fsp3) is 0.625. The molecule has 2 saturated carbocycles. The summed E-state index contributed by atoms with van der Waals surface area (Å²) >= 11 is 0. The third-order valence-corrected chi connectivity index (χ3v) is 10.8. The lowest BCUT2D eigenvalue weighted by Gasteiger charge is -2.66. The van der Waals surface area contributed by atoms with Crippen molar-refractivity contribution in [3.8, 4) is 0 Å². The Balaban J connectivity index is 1.75. The largest absolute Gasteiger partial charge is 0.472 e. The van der Waals surface area contributed by atoms with Crippen molar-refractivity contribution in [2.45, 2.75) is 91.1 Å². The standard InChI is InChI=1S/C32H40O10/c1-8-16(2)25(35)42-28-29(3,4)23(22(34)26(36)39-7)31(6)19-9-11-30(5)20(18(19)14-32(28,38)27(31)37)13-21(33)41-24(30)17-10-12-40-15-17/h8,10,12,15,19,22-24,28,34,38H,9,11,13-14H2,1-7H3. The number of esters is 3. The molecule has 8 unspecified atom stereocenters. The average molecular weight is 585 g/mol. The van der Waals surface area contributed by atoms with Crippen LogP contribution in [0.5, 0.6) is 0 Å². The smallest absolute Gasteiger partial charge is 0.335 e. The first kappa shape index (κ1) is 30.2. The zero-order chi connectivity index (χ0) is 31.0. The summed E-state index contributed by atoms with van der Waals surface area (Å²) in [7, 11) is 1.15. The summed E-state index contributed by atoms with van der Waals surface area (Å²) in [6.45, 7) is 10.3. The summed E-state index contributed by atoms with van der Waals surface area (Å²) in [6, 6.07) is 1.75. The molecule has 10 nitrogen and oxygen atoms in total. The highest BCUT2D eigenvalue weighted by Gasteiger charge is 2.75. The number of aliphatic hydroxyl groups is 2. The maximum absolute atomic E-state index is 14.6. The van der Waals surface area contributed by atoms with Crippen LogP contribution in [0.25, 0.3) is 0 Å². The quantitative estimate of drug-likeness (QED) is 0.227. The van der Waals surface area contributed by atoms with E-state index in [1.54, 1.807) is 53.0 Å². The van der Waals surface area contributed by atoms with Gasteiger partial charge in [0.2, 0.25) is 0 Å². The molecule has 3 aliphatic carbocycles. The van der Waals surface area contributed by atoms with Gasteiger partial charge in [0.15, 0.2) is 17.5 Å². The number of carbonyl (C=O) groups is 4. The molecule has 3 fully saturated rings. The summed E-state index contributed by atoms with van der Waals surface area (Å²) < 4.78 is 22.0. The second kappa shape index (κ2) is 9.91. The van der Waals surface area contributed by atoms with Gasteiger partial charge >= 0.3 is 17.9 Å².